The number of esters is 2. The van der Waals surface area contributed by atoms with Crippen molar-refractivity contribution in [3.8, 4) is 0 Å². The molecule has 3 N–H and O–H groups in total. The molecule has 65 heavy (non-hydrogen) atoms. The van der Waals surface area contributed by atoms with Crippen LogP contribution in [-0.4, -0.2) is 49.3 Å². The van der Waals surface area contributed by atoms with Crippen LogP contribution < -0.4 is 5.73 Å². The lowest BCUT2D eigenvalue weighted by Gasteiger charge is -2.19. The Hall–Kier alpha value is -0.990. The zero-order valence-electron chi connectivity index (χ0n) is 43.3. The molecule has 0 bridgehead atoms. The molecule has 2 atom stereocenters. The van der Waals surface area contributed by atoms with Crippen LogP contribution in [0, 0.1) is 0 Å². The first kappa shape index (κ1) is 64.0. The van der Waals surface area contributed by atoms with Gasteiger partial charge in [0, 0.05) is 19.4 Å². The van der Waals surface area contributed by atoms with Crippen molar-refractivity contribution in [2.45, 2.75) is 315 Å². The zero-order chi connectivity index (χ0) is 47.4. The lowest BCUT2D eigenvalue weighted by Crippen LogP contribution is -2.29. The number of phosphoric ester groups is 1. The van der Waals surface area contributed by atoms with Crippen LogP contribution >= 0.6 is 7.82 Å². The average molecular weight is 944 g/mol. The summed E-state index contributed by atoms with van der Waals surface area (Å²) in [6.07, 6.45) is 57.3. The fourth-order valence-corrected chi connectivity index (χ4v) is 9.52. The third-order valence-corrected chi connectivity index (χ3v) is 14.0. The summed E-state index contributed by atoms with van der Waals surface area (Å²) in [5.41, 5.74) is 5.38. The summed E-state index contributed by atoms with van der Waals surface area (Å²) in [6, 6.07) is 0. The van der Waals surface area contributed by atoms with Crippen LogP contribution in [0.3, 0.4) is 0 Å². The molecule has 0 saturated heterocycles. The van der Waals surface area contributed by atoms with Gasteiger partial charge >= 0.3 is 19.8 Å². The van der Waals surface area contributed by atoms with Crippen LogP contribution in [0.1, 0.15) is 309 Å². The molecular formula is C55H110NO8P. The van der Waals surface area contributed by atoms with E-state index in [1.165, 1.54) is 244 Å². The molecule has 0 aliphatic heterocycles. The highest BCUT2D eigenvalue weighted by atomic mass is 31.2. The van der Waals surface area contributed by atoms with Crippen LogP contribution in [0.5, 0.6) is 0 Å². The quantitative estimate of drug-likeness (QED) is 0.0347. The predicted octanol–water partition coefficient (Wildman–Crippen LogP) is 17.5. The van der Waals surface area contributed by atoms with Crippen molar-refractivity contribution in [2.24, 2.45) is 5.73 Å². The lowest BCUT2D eigenvalue weighted by molar-refractivity contribution is -0.161. The summed E-state index contributed by atoms with van der Waals surface area (Å²) in [4.78, 5) is 35.1. The first-order valence-corrected chi connectivity index (χ1v) is 30.0. The Kier molecular flexibility index (Phi) is 51.6. The zero-order valence-corrected chi connectivity index (χ0v) is 44.2. The van der Waals surface area contributed by atoms with Gasteiger partial charge in [-0.1, -0.05) is 284 Å². The highest BCUT2D eigenvalue weighted by Crippen LogP contribution is 2.43. The van der Waals surface area contributed by atoms with E-state index < -0.39 is 26.5 Å². The Morgan fingerprint density at radius 2 is 0.662 bits per heavy atom. The van der Waals surface area contributed by atoms with E-state index in [9.17, 15) is 19.0 Å². The molecule has 0 amide bonds. The molecule has 0 aromatic carbocycles. The van der Waals surface area contributed by atoms with Crippen molar-refractivity contribution < 1.29 is 37.6 Å². The van der Waals surface area contributed by atoms with Gasteiger partial charge in [-0.25, -0.2) is 4.57 Å². The molecule has 0 aromatic rings. The van der Waals surface area contributed by atoms with E-state index in [1.54, 1.807) is 0 Å². The van der Waals surface area contributed by atoms with Crippen molar-refractivity contribution in [3.63, 3.8) is 0 Å². The van der Waals surface area contributed by atoms with E-state index in [0.29, 0.717) is 6.42 Å². The Labute approximate surface area is 403 Å². The fraction of sp³-hybridized carbons (Fsp3) is 0.964. The van der Waals surface area contributed by atoms with Gasteiger partial charge in [0.05, 0.1) is 13.2 Å². The number of rotatable bonds is 55. The summed E-state index contributed by atoms with van der Waals surface area (Å²) in [7, 11) is -4.38. The van der Waals surface area contributed by atoms with E-state index in [1.807, 2.05) is 0 Å². The first-order valence-electron chi connectivity index (χ1n) is 28.5. The Morgan fingerprint density at radius 3 is 0.938 bits per heavy atom. The van der Waals surface area contributed by atoms with Crippen molar-refractivity contribution >= 4 is 19.8 Å². The van der Waals surface area contributed by atoms with E-state index in [0.717, 1.165) is 32.1 Å². The lowest BCUT2D eigenvalue weighted by atomic mass is 10.0. The number of ether oxygens (including phenoxy) is 2. The minimum absolute atomic E-state index is 0.0585. The van der Waals surface area contributed by atoms with E-state index in [4.69, 9.17) is 24.3 Å². The van der Waals surface area contributed by atoms with Crippen molar-refractivity contribution in [1.82, 2.24) is 0 Å². The van der Waals surface area contributed by atoms with Crippen LogP contribution in [0.25, 0.3) is 0 Å². The molecule has 0 fully saturated rings. The second kappa shape index (κ2) is 52.4. The summed E-state index contributed by atoms with van der Waals surface area (Å²) < 4.78 is 33.0. The van der Waals surface area contributed by atoms with Crippen LogP contribution in [0.4, 0.5) is 0 Å². The molecule has 9 nitrogen and oxygen atoms in total. The normalized spacial score (nSPS) is 13.0. The van der Waals surface area contributed by atoms with Crippen LogP contribution in [0.15, 0.2) is 0 Å². The summed E-state index contributed by atoms with van der Waals surface area (Å²) >= 11 is 0. The molecular weight excluding hydrogens is 834 g/mol. The third kappa shape index (κ3) is 52.2. The summed E-state index contributed by atoms with van der Waals surface area (Å²) in [5, 5.41) is 0. The number of phosphoric acid groups is 1. The second-order valence-electron chi connectivity index (χ2n) is 19.5. The monoisotopic (exact) mass is 944 g/mol. The van der Waals surface area contributed by atoms with Gasteiger partial charge in [0.2, 0.25) is 0 Å². The van der Waals surface area contributed by atoms with Crippen LogP contribution in [-0.2, 0) is 32.7 Å². The Morgan fingerprint density at radius 1 is 0.400 bits per heavy atom. The maximum Gasteiger partial charge on any atom is 0.472 e. The maximum absolute atomic E-state index is 12.7. The highest BCUT2D eigenvalue weighted by Gasteiger charge is 2.26. The molecule has 388 valence electrons. The maximum atomic E-state index is 12.7. The van der Waals surface area contributed by atoms with Gasteiger partial charge in [-0.3, -0.25) is 18.6 Å². The molecule has 0 aliphatic rings. The SMILES string of the molecule is CCCCCCCCCCCCCCCCCCCCCCCCCCCCCC(=O)OC(COC(=O)CCCCCCCCCCCCCCCCCCC)COP(=O)(O)OCCN. The van der Waals surface area contributed by atoms with Crippen molar-refractivity contribution in [2.75, 3.05) is 26.4 Å². The van der Waals surface area contributed by atoms with Crippen LogP contribution in [0.2, 0.25) is 0 Å². The smallest absolute Gasteiger partial charge is 0.462 e. The van der Waals surface area contributed by atoms with E-state index >= 15 is 0 Å². The molecule has 0 spiro atoms. The number of hydrogen-bond acceptors (Lipinski definition) is 8. The Bertz CT molecular complexity index is 1030. The summed E-state index contributed by atoms with van der Waals surface area (Å²) in [6.45, 7) is 3.82. The number of carbonyl (C=O) groups excluding carboxylic acids is 2. The molecule has 0 aromatic heterocycles. The third-order valence-electron chi connectivity index (χ3n) is 13.0. The number of nitrogens with two attached hydrogens (primary N) is 1. The number of hydrogen-bond donors (Lipinski definition) is 2. The molecule has 0 aliphatic carbocycles. The summed E-state index contributed by atoms with van der Waals surface area (Å²) in [5.74, 6) is -0.804. The second-order valence-corrected chi connectivity index (χ2v) is 21.0. The largest absolute Gasteiger partial charge is 0.472 e. The highest BCUT2D eigenvalue weighted by molar-refractivity contribution is 7.47. The van der Waals surface area contributed by atoms with Gasteiger partial charge in [-0.2, -0.15) is 0 Å². The van der Waals surface area contributed by atoms with Gasteiger partial charge in [-0.05, 0) is 12.8 Å². The fourth-order valence-electron chi connectivity index (χ4n) is 8.76. The van der Waals surface area contributed by atoms with Gasteiger partial charge in [-0.15, -0.1) is 0 Å². The van der Waals surface area contributed by atoms with E-state index in [2.05, 4.69) is 13.8 Å². The number of unbranched alkanes of at least 4 members (excludes halogenated alkanes) is 42. The molecule has 2 unspecified atom stereocenters. The topological polar surface area (TPSA) is 134 Å². The molecule has 0 radical (unpaired) electrons. The minimum Gasteiger partial charge on any atom is -0.462 e. The van der Waals surface area contributed by atoms with E-state index in [-0.39, 0.29) is 38.6 Å². The van der Waals surface area contributed by atoms with Gasteiger partial charge in [0.25, 0.3) is 0 Å². The van der Waals surface area contributed by atoms with Crippen molar-refractivity contribution in [3.05, 3.63) is 0 Å². The predicted molar refractivity (Wildman–Crippen MR) is 275 cm³/mol. The van der Waals surface area contributed by atoms with Gasteiger partial charge in [0.1, 0.15) is 6.61 Å². The first-order chi connectivity index (χ1) is 31.8. The van der Waals surface area contributed by atoms with Gasteiger partial charge < -0.3 is 20.1 Å². The number of carbonyl (C=O) groups is 2. The minimum atomic E-state index is -4.38. The van der Waals surface area contributed by atoms with Gasteiger partial charge in [0.15, 0.2) is 6.10 Å². The molecule has 0 saturated carbocycles. The molecule has 0 heterocycles. The Balaban J connectivity index is 3.89. The molecule has 0 rings (SSSR count). The molecule has 10 heteroatoms. The van der Waals surface area contributed by atoms with Crippen molar-refractivity contribution in [1.29, 1.82) is 0 Å². The average Bonchev–Trinajstić information content (AvgIpc) is 3.30. The standard InChI is InChI=1S/C55H110NO8P/c1-3-5-7-9-11-13-15-17-19-21-22-23-24-25-26-27-28-29-30-32-34-36-38-40-42-44-46-48-55(58)64-53(52-63-65(59,60)62-50-49-56)51-61-54(57)47-45-43-41-39-37-35-33-31-20-18-16-14-12-10-8-6-4-2/h53H,3-52,56H2,1-2H3,(H,59,60).